The fourth-order valence-electron chi connectivity index (χ4n) is 6.82. The summed E-state index contributed by atoms with van der Waals surface area (Å²) in [6.45, 7) is 2.99. The molecule has 8 nitrogen and oxygen atoms in total. The number of phenols is 1. The molecule has 4 atom stereocenters. The van der Waals surface area contributed by atoms with Crippen molar-refractivity contribution in [2.45, 2.75) is 55.9 Å². The Hall–Kier alpha value is -3.62. The zero-order valence-electron chi connectivity index (χ0n) is 21.8. The van der Waals surface area contributed by atoms with Crippen molar-refractivity contribution in [2.24, 2.45) is 0 Å². The maximum atomic E-state index is 14.7. The second kappa shape index (κ2) is 9.78. The van der Waals surface area contributed by atoms with Crippen LogP contribution in [0.4, 0.5) is 19.1 Å². The van der Waals surface area contributed by atoms with Crippen LogP contribution in [0.2, 0.25) is 0 Å². The highest BCUT2D eigenvalue weighted by Gasteiger charge is 2.49. The Morgan fingerprint density at radius 1 is 1.07 bits per heavy atom. The number of alkyl halides is 1. The van der Waals surface area contributed by atoms with Crippen molar-refractivity contribution in [3.63, 3.8) is 0 Å². The average molecular weight is 551 g/mol. The van der Waals surface area contributed by atoms with Gasteiger partial charge >= 0.3 is 6.01 Å². The molecule has 4 aliphatic rings. The molecule has 0 radical (unpaired) electrons. The first kappa shape index (κ1) is 25.4. The molecule has 4 aliphatic heterocycles. The molecular formula is C29H29F3N6O2. The normalized spacial score (nSPS) is 27.6. The number of benzene rings is 2. The van der Waals surface area contributed by atoms with E-state index in [1.807, 2.05) is 0 Å². The third kappa shape index (κ3) is 4.59. The van der Waals surface area contributed by atoms with Crippen molar-refractivity contribution in [1.29, 1.82) is 0 Å². The van der Waals surface area contributed by atoms with Gasteiger partial charge in [-0.25, -0.2) is 13.2 Å². The molecule has 2 aromatic carbocycles. The summed E-state index contributed by atoms with van der Waals surface area (Å²) in [7, 11) is 0. The van der Waals surface area contributed by atoms with E-state index < -0.39 is 17.8 Å². The van der Waals surface area contributed by atoms with E-state index in [-0.39, 0.29) is 40.7 Å². The number of aromatic hydroxyl groups is 1. The van der Waals surface area contributed by atoms with Gasteiger partial charge < -0.3 is 20.1 Å². The van der Waals surface area contributed by atoms with Gasteiger partial charge in [-0.1, -0.05) is 12.0 Å². The summed E-state index contributed by atoms with van der Waals surface area (Å²) in [6.07, 6.45) is 3.55. The van der Waals surface area contributed by atoms with Gasteiger partial charge in [-0.15, -0.1) is 0 Å². The number of anilines is 1. The van der Waals surface area contributed by atoms with E-state index in [9.17, 15) is 18.3 Å². The molecule has 0 aliphatic carbocycles. The smallest absolute Gasteiger partial charge is 0.322 e. The fourth-order valence-corrected chi connectivity index (χ4v) is 6.82. The van der Waals surface area contributed by atoms with Gasteiger partial charge in [-0.3, -0.25) is 4.90 Å². The number of halogens is 3. The number of aromatic nitrogens is 3. The topological polar surface area (TPSA) is 86.6 Å². The van der Waals surface area contributed by atoms with Gasteiger partial charge in [0.05, 0.1) is 5.54 Å². The van der Waals surface area contributed by atoms with Crippen LogP contribution in [-0.2, 0) is 0 Å². The van der Waals surface area contributed by atoms with Gasteiger partial charge in [-0.05, 0) is 61.7 Å². The van der Waals surface area contributed by atoms with Gasteiger partial charge in [-0.2, -0.15) is 15.0 Å². The molecule has 5 heterocycles. The Bertz CT molecular complexity index is 1530. The van der Waals surface area contributed by atoms with Crippen molar-refractivity contribution in [3.8, 4) is 23.6 Å². The summed E-state index contributed by atoms with van der Waals surface area (Å²) in [6, 6.07) is 5.83. The summed E-state index contributed by atoms with van der Waals surface area (Å²) < 4.78 is 49.2. The fraction of sp³-hybridized carbons (Fsp3) is 0.483. The molecule has 4 saturated heterocycles. The minimum atomic E-state index is -1.04. The number of nitrogens with one attached hydrogen (secondary N) is 1. The Kier molecular flexibility index (Phi) is 6.20. The van der Waals surface area contributed by atoms with Crippen LogP contribution >= 0.6 is 0 Å². The lowest BCUT2D eigenvalue weighted by molar-refractivity contribution is 0.107. The molecule has 0 saturated carbocycles. The maximum absolute atomic E-state index is 14.7. The molecule has 0 amide bonds. The lowest BCUT2D eigenvalue weighted by Crippen LogP contribution is -2.51. The standard InChI is InChI=1S/C29H29F3N6O2/c30-19-12-29(8-1-9-38(29)13-19)16-40-28-35-24(34-27(36-28)37-14-20-4-5-21(15-37)33-20)7-3-18-11-22(39)10-17-2-6-23(31)26(32)25(17)18/h2,6,10-11,19-21,33,39H,1,4-5,8-9,12-16H2/t19-,20-,21+,29+/m1/s1. The van der Waals surface area contributed by atoms with E-state index in [1.165, 1.54) is 18.2 Å². The lowest BCUT2D eigenvalue weighted by Gasteiger charge is -2.33. The van der Waals surface area contributed by atoms with Crippen molar-refractivity contribution >= 4 is 16.7 Å². The van der Waals surface area contributed by atoms with Crippen LogP contribution in [0.15, 0.2) is 24.3 Å². The quantitative estimate of drug-likeness (QED) is 0.479. The van der Waals surface area contributed by atoms with E-state index in [0.29, 0.717) is 36.4 Å². The average Bonchev–Trinajstić information content (AvgIpc) is 3.58. The third-order valence-electron chi connectivity index (χ3n) is 8.63. The highest BCUT2D eigenvalue weighted by Crippen LogP contribution is 2.40. The Labute approximate surface area is 229 Å². The van der Waals surface area contributed by atoms with Crippen LogP contribution in [0.1, 0.15) is 43.5 Å². The molecule has 0 spiro atoms. The monoisotopic (exact) mass is 550 g/mol. The molecule has 4 fully saturated rings. The van der Waals surface area contributed by atoms with Crippen LogP contribution in [0.25, 0.3) is 10.8 Å². The molecule has 0 unspecified atom stereocenters. The maximum Gasteiger partial charge on any atom is 0.322 e. The largest absolute Gasteiger partial charge is 0.508 e. The van der Waals surface area contributed by atoms with Crippen molar-refractivity contribution in [2.75, 3.05) is 37.7 Å². The van der Waals surface area contributed by atoms with Gasteiger partial charge in [0.2, 0.25) is 11.8 Å². The molecule has 40 heavy (non-hydrogen) atoms. The minimum absolute atomic E-state index is 0.0304. The van der Waals surface area contributed by atoms with Crippen LogP contribution in [0.3, 0.4) is 0 Å². The number of phenolic OH excluding ortho intramolecular Hbond substituents is 1. The van der Waals surface area contributed by atoms with E-state index in [2.05, 4.69) is 41.9 Å². The lowest BCUT2D eigenvalue weighted by atomic mass is 9.95. The highest BCUT2D eigenvalue weighted by atomic mass is 19.2. The predicted octanol–water partition coefficient (Wildman–Crippen LogP) is 3.30. The summed E-state index contributed by atoms with van der Waals surface area (Å²) in [5, 5.41) is 14.0. The van der Waals surface area contributed by atoms with E-state index >= 15 is 0 Å². The number of piperazine rings is 1. The van der Waals surface area contributed by atoms with Crippen LogP contribution in [0.5, 0.6) is 11.8 Å². The van der Waals surface area contributed by atoms with Crippen molar-refractivity contribution < 1.29 is 23.0 Å². The molecule has 208 valence electrons. The van der Waals surface area contributed by atoms with Crippen LogP contribution in [-0.4, -0.2) is 81.5 Å². The SMILES string of the molecule is Oc1cc(C#Cc2nc(OC[C@@]34CCCN3C[C@H](F)C4)nc(N3C[C@H]4CC[C@@H](C3)N4)n2)c2c(F)c(F)ccc2c1. The minimum Gasteiger partial charge on any atom is -0.508 e. The number of rotatable bonds is 4. The molecular weight excluding hydrogens is 521 g/mol. The molecule has 11 heteroatoms. The van der Waals surface area contributed by atoms with Crippen LogP contribution in [0, 0.1) is 23.5 Å². The van der Waals surface area contributed by atoms with E-state index in [1.54, 1.807) is 0 Å². The number of nitrogens with zero attached hydrogens (tertiary/aromatic N) is 5. The molecule has 1 aromatic heterocycles. The zero-order valence-corrected chi connectivity index (χ0v) is 21.8. The van der Waals surface area contributed by atoms with Crippen molar-refractivity contribution in [1.82, 2.24) is 25.2 Å². The molecule has 7 rings (SSSR count). The van der Waals surface area contributed by atoms with Gasteiger partial charge in [0, 0.05) is 49.1 Å². The van der Waals surface area contributed by atoms with Gasteiger partial charge in [0.25, 0.3) is 0 Å². The summed E-state index contributed by atoms with van der Waals surface area (Å²) in [5.41, 5.74) is -0.258. The first-order chi connectivity index (χ1) is 19.3. The molecule has 2 bridgehead atoms. The first-order valence-corrected chi connectivity index (χ1v) is 13.8. The summed E-state index contributed by atoms with van der Waals surface area (Å²) in [4.78, 5) is 17.9. The van der Waals surface area contributed by atoms with E-state index in [4.69, 9.17) is 4.74 Å². The van der Waals surface area contributed by atoms with E-state index in [0.717, 1.165) is 51.4 Å². The third-order valence-corrected chi connectivity index (χ3v) is 8.63. The van der Waals surface area contributed by atoms with Gasteiger partial charge in [0.1, 0.15) is 18.5 Å². The second-order valence-corrected chi connectivity index (χ2v) is 11.4. The Morgan fingerprint density at radius 2 is 1.90 bits per heavy atom. The predicted molar refractivity (Wildman–Crippen MR) is 142 cm³/mol. The highest BCUT2D eigenvalue weighted by molar-refractivity contribution is 5.90. The summed E-state index contributed by atoms with van der Waals surface area (Å²) in [5.74, 6) is 4.06. The zero-order chi connectivity index (χ0) is 27.4. The Morgan fingerprint density at radius 3 is 2.73 bits per heavy atom. The molecule has 3 aromatic rings. The number of fused-ring (bicyclic) bond motifs is 4. The summed E-state index contributed by atoms with van der Waals surface area (Å²) >= 11 is 0. The van der Waals surface area contributed by atoms with Gasteiger partial charge in [0.15, 0.2) is 11.6 Å². The number of hydrogen-bond acceptors (Lipinski definition) is 8. The number of hydrogen-bond donors (Lipinski definition) is 2. The molecule has 2 N–H and O–H groups in total. The second-order valence-electron chi connectivity index (χ2n) is 11.4. The first-order valence-electron chi connectivity index (χ1n) is 13.8. The van der Waals surface area contributed by atoms with Crippen molar-refractivity contribution in [3.05, 3.63) is 47.3 Å². The Balaban J connectivity index is 1.24. The van der Waals surface area contributed by atoms with Crippen LogP contribution < -0.4 is 15.0 Å². The number of ether oxygens (including phenoxy) is 1.